The van der Waals surface area contributed by atoms with Crippen LogP contribution in [0.1, 0.15) is 15.2 Å². The van der Waals surface area contributed by atoms with Crippen molar-refractivity contribution in [1.29, 1.82) is 0 Å². The molecule has 0 spiro atoms. The highest BCUT2D eigenvalue weighted by Crippen LogP contribution is 2.34. The molecule has 0 aliphatic rings. The second-order valence-corrected chi connectivity index (χ2v) is 7.49. The highest BCUT2D eigenvalue weighted by atomic mass is 32.1. The summed E-state index contributed by atoms with van der Waals surface area (Å²) in [5.41, 5.74) is 8.64. The molecule has 0 aliphatic carbocycles. The van der Waals surface area contributed by atoms with E-state index in [1.165, 1.54) is 11.3 Å². The van der Waals surface area contributed by atoms with E-state index in [2.05, 4.69) is 10.3 Å². The van der Waals surface area contributed by atoms with E-state index in [-0.39, 0.29) is 5.91 Å². The van der Waals surface area contributed by atoms with Gasteiger partial charge in [0, 0.05) is 11.9 Å². The lowest BCUT2D eigenvalue weighted by Gasteiger charge is -2.04. The van der Waals surface area contributed by atoms with E-state index in [4.69, 9.17) is 5.73 Å². The minimum atomic E-state index is -0.165. The molecule has 6 heteroatoms. The Hall–Kier alpha value is -2.70. The maximum absolute atomic E-state index is 12.5. The van der Waals surface area contributed by atoms with Gasteiger partial charge in [-0.05, 0) is 29.1 Å². The summed E-state index contributed by atoms with van der Waals surface area (Å²) in [6.45, 7) is 0.473. The van der Waals surface area contributed by atoms with Gasteiger partial charge in [-0.1, -0.05) is 36.4 Å². The second kappa shape index (κ2) is 6.66. The van der Waals surface area contributed by atoms with Gasteiger partial charge >= 0.3 is 0 Å². The summed E-state index contributed by atoms with van der Waals surface area (Å²) < 4.78 is 0. The number of hydrogen-bond acceptors (Lipinski definition) is 5. The first-order chi connectivity index (χ1) is 12.2. The molecule has 1 amide bonds. The van der Waals surface area contributed by atoms with Crippen molar-refractivity contribution in [2.24, 2.45) is 0 Å². The highest BCUT2D eigenvalue weighted by molar-refractivity contribution is 7.21. The lowest BCUT2D eigenvalue weighted by atomic mass is 10.2. The second-order valence-electron chi connectivity index (χ2n) is 5.54. The molecule has 4 nitrogen and oxygen atoms in total. The number of nitrogens with one attached hydrogen (secondary N) is 1. The topological polar surface area (TPSA) is 68.0 Å². The van der Waals surface area contributed by atoms with E-state index >= 15 is 0 Å². The normalized spacial score (nSPS) is 10.9. The molecular weight excluding hydrogens is 350 g/mol. The number of nitrogens with zero attached hydrogens (tertiary/aromatic N) is 1. The summed E-state index contributed by atoms with van der Waals surface area (Å²) in [6.07, 6.45) is 0. The number of carbonyl (C=O) groups excluding carboxylic acids is 1. The first-order valence-corrected chi connectivity index (χ1v) is 9.47. The molecule has 0 aliphatic heterocycles. The molecule has 0 saturated heterocycles. The van der Waals surface area contributed by atoms with Crippen LogP contribution >= 0.6 is 22.7 Å². The molecule has 3 heterocycles. The third-order valence-electron chi connectivity index (χ3n) is 3.87. The summed E-state index contributed by atoms with van der Waals surface area (Å²) in [5.74, 6) is -0.165. The molecule has 0 bridgehead atoms. The van der Waals surface area contributed by atoms with Gasteiger partial charge in [-0.2, -0.15) is 0 Å². The molecule has 4 aromatic rings. The van der Waals surface area contributed by atoms with E-state index in [9.17, 15) is 4.79 Å². The van der Waals surface area contributed by atoms with Gasteiger partial charge in [0.1, 0.15) is 9.71 Å². The standard InChI is InChI=1S/C19H15N3OS2/c20-16-13-8-9-14(15-7-4-10-24-15)22-19(13)25-17(16)18(23)21-11-12-5-2-1-3-6-12/h1-10H,11,20H2,(H,21,23). The van der Waals surface area contributed by atoms with Crippen LogP contribution in [0, 0.1) is 0 Å². The van der Waals surface area contributed by atoms with E-state index in [1.54, 1.807) is 11.3 Å². The summed E-state index contributed by atoms with van der Waals surface area (Å²) >= 11 is 2.97. The van der Waals surface area contributed by atoms with Crippen molar-refractivity contribution >= 4 is 44.5 Å². The summed E-state index contributed by atoms with van der Waals surface area (Å²) in [4.78, 5) is 19.6. The van der Waals surface area contributed by atoms with Crippen LogP contribution in [0.5, 0.6) is 0 Å². The molecule has 4 rings (SSSR count). The average Bonchev–Trinajstić information content (AvgIpc) is 3.29. The van der Waals surface area contributed by atoms with Crippen LogP contribution in [0.15, 0.2) is 60.0 Å². The van der Waals surface area contributed by atoms with Crippen molar-refractivity contribution in [2.45, 2.75) is 6.54 Å². The summed E-state index contributed by atoms with van der Waals surface area (Å²) in [7, 11) is 0. The third kappa shape index (κ3) is 3.14. The Morgan fingerprint density at radius 3 is 2.68 bits per heavy atom. The molecule has 0 atom stereocenters. The molecule has 1 aromatic carbocycles. The average molecular weight is 365 g/mol. The van der Waals surface area contributed by atoms with Gasteiger partial charge in [0.05, 0.1) is 16.3 Å². The molecular formula is C19H15N3OS2. The maximum Gasteiger partial charge on any atom is 0.263 e. The van der Waals surface area contributed by atoms with E-state index < -0.39 is 0 Å². The number of pyridine rings is 1. The van der Waals surface area contributed by atoms with Crippen LogP contribution in [-0.2, 0) is 6.54 Å². The predicted molar refractivity (Wildman–Crippen MR) is 105 cm³/mol. The van der Waals surface area contributed by atoms with Gasteiger partial charge in [-0.15, -0.1) is 22.7 Å². The number of carbonyl (C=O) groups is 1. The number of anilines is 1. The number of amides is 1. The maximum atomic E-state index is 12.5. The monoisotopic (exact) mass is 365 g/mol. The Morgan fingerprint density at radius 1 is 1.08 bits per heavy atom. The number of aromatic nitrogens is 1. The summed E-state index contributed by atoms with van der Waals surface area (Å²) in [6, 6.07) is 17.7. The van der Waals surface area contributed by atoms with Gasteiger partial charge in [0.2, 0.25) is 0 Å². The molecule has 3 N–H and O–H groups in total. The van der Waals surface area contributed by atoms with Gasteiger partial charge in [0.25, 0.3) is 5.91 Å². The molecule has 0 radical (unpaired) electrons. The molecule has 25 heavy (non-hydrogen) atoms. The minimum Gasteiger partial charge on any atom is -0.397 e. The van der Waals surface area contributed by atoms with Crippen molar-refractivity contribution in [3.05, 3.63) is 70.4 Å². The zero-order valence-electron chi connectivity index (χ0n) is 13.2. The van der Waals surface area contributed by atoms with Crippen molar-refractivity contribution < 1.29 is 4.79 Å². The Kier molecular flexibility index (Phi) is 4.21. The first kappa shape index (κ1) is 15.8. The number of rotatable bonds is 4. The van der Waals surface area contributed by atoms with Crippen molar-refractivity contribution in [3.8, 4) is 10.6 Å². The Balaban J connectivity index is 1.61. The van der Waals surface area contributed by atoms with Crippen LogP contribution in [0.2, 0.25) is 0 Å². The van der Waals surface area contributed by atoms with E-state index in [0.29, 0.717) is 17.1 Å². The molecule has 0 unspecified atom stereocenters. The Bertz CT molecular complexity index is 1020. The number of thiophene rings is 2. The first-order valence-electron chi connectivity index (χ1n) is 7.77. The zero-order chi connectivity index (χ0) is 17.2. The Labute approximate surface area is 153 Å². The molecule has 0 saturated carbocycles. The summed E-state index contributed by atoms with van der Waals surface area (Å²) in [5, 5.41) is 5.77. The molecule has 0 fully saturated rings. The van der Waals surface area contributed by atoms with Crippen LogP contribution in [0.4, 0.5) is 5.69 Å². The quantitative estimate of drug-likeness (QED) is 0.558. The van der Waals surface area contributed by atoms with Crippen LogP contribution < -0.4 is 11.1 Å². The van der Waals surface area contributed by atoms with Crippen LogP contribution in [-0.4, -0.2) is 10.9 Å². The lowest BCUT2D eigenvalue weighted by molar-refractivity contribution is 0.0956. The molecule has 3 aromatic heterocycles. The fraction of sp³-hybridized carbons (Fsp3) is 0.0526. The third-order valence-corrected chi connectivity index (χ3v) is 5.88. The van der Waals surface area contributed by atoms with Crippen LogP contribution in [0.3, 0.4) is 0 Å². The van der Waals surface area contributed by atoms with Gasteiger partial charge in [0.15, 0.2) is 0 Å². The number of nitrogen functional groups attached to an aromatic ring is 1. The number of nitrogens with two attached hydrogens (primary N) is 1. The van der Waals surface area contributed by atoms with Crippen molar-refractivity contribution in [1.82, 2.24) is 10.3 Å². The number of hydrogen-bond donors (Lipinski definition) is 2. The highest BCUT2D eigenvalue weighted by Gasteiger charge is 2.17. The lowest BCUT2D eigenvalue weighted by Crippen LogP contribution is -2.22. The smallest absolute Gasteiger partial charge is 0.263 e. The number of benzene rings is 1. The van der Waals surface area contributed by atoms with E-state index in [1.807, 2.05) is 60.0 Å². The fourth-order valence-electron chi connectivity index (χ4n) is 2.59. The fourth-order valence-corrected chi connectivity index (χ4v) is 4.29. The SMILES string of the molecule is Nc1c(C(=O)NCc2ccccc2)sc2nc(-c3cccs3)ccc12. The largest absolute Gasteiger partial charge is 0.397 e. The Morgan fingerprint density at radius 2 is 1.92 bits per heavy atom. The van der Waals surface area contributed by atoms with Gasteiger partial charge in [-0.3, -0.25) is 4.79 Å². The van der Waals surface area contributed by atoms with Gasteiger partial charge < -0.3 is 11.1 Å². The predicted octanol–water partition coefficient (Wildman–Crippen LogP) is 4.54. The number of fused-ring (bicyclic) bond motifs is 1. The minimum absolute atomic E-state index is 0.165. The molecule has 124 valence electrons. The van der Waals surface area contributed by atoms with E-state index in [0.717, 1.165) is 26.4 Å². The van der Waals surface area contributed by atoms with Gasteiger partial charge in [-0.25, -0.2) is 4.98 Å². The van der Waals surface area contributed by atoms with Crippen molar-refractivity contribution in [2.75, 3.05) is 5.73 Å². The zero-order valence-corrected chi connectivity index (χ0v) is 14.9. The van der Waals surface area contributed by atoms with Crippen molar-refractivity contribution in [3.63, 3.8) is 0 Å². The van der Waals surface area contributed by atoms with Crippen LogP contribution in [0.25, 0.3) is 20.8 Å².